The summed E-state index contributed by atoms with van der Waals surface area (Å²) in [5.74, 6) is 0. The lowest BCUT2D eigenvalue weighted by Gasteiger charge is -2.39. The predicted molar refractivity (Wildman–Crippen MR) is 80.8 cm³/mol. The van der Waals surface area contributed by atoms with Gasteiger partial charge in [-0.25, -0.2) is 4.98 Å². The molecule has 0 radical (unpaired) electrons. The molecule has 4 heteroatoms. The number of rotatable bonds is 5. The Morgan fingerprint density at radius 2 is 2.05 bits per heavy atom. The Balaban J connectivity index is 2.12. The minimum absolute atomic E-state index is 0.00910. The molecule has 0 amide bonds. The maximum absolute atomic E-state index is 6.01. The molecule has 19 heavy (non-hydrogen) atoms. The first-order valence-corrected chi connectivity index (χ1v) is 8.21. The summed E-state index contributed by atoms with van der Waals surface area (Å²) < 4.78 is 6.01. The predicted octanol–water partition coefficient (Wildman–Crippen LogP) is 3.32. The molecule has 0 saturated heterocycles. The molecule has 0 spiro atoms. The van der Waals surface area contributed by atoms with Gasteiger partial charge in [0, 0.05) is 30.6 Å². The number of ether oxygens (including phenoxy) is 1. The molecule has 1 atom stereocenters. The number of likely N-dealkylation sites (N-methyl/N-ethyl adjacent to an activating group) is 1. The van der Waals surface area contributed by atoms with Crippen molar-refractivity contribution in [1.82, 2.24) is 10.3 Å². The van der Waals surface area contributed by atoms with Crippen molar-refractivity contribution < 1.29 is 4.74 Å². The summed E-state index contributed by atoms with van der Waals surface area (Å²) in [6, 6.07) is 0.362. The van der Waals surface area contributed by atoms with Crippen molar-refractivity contribution in [3.05, 3.63) is 16.1 Å². The van der Waals surface area contributed by atoms with Crippen LogP contribution in [-0.4, -0.2) is 30.8 Å². The van der Waals surface area contributed by atoms with Crippen LogP contribution in [0.2, 0.25) is 0 Å². The molecule has 1 fully saturated rings. The number of nitrogens with zero attached hydrogens (tertiary/aromatic N) is 1. The molecule has 1 heterocycles. The van der Waals surface area contributed by atoms with Crippen LogP contribution in [0.25, 0.3) is 0 Å². The molecule has 1 aromatic heterocycles. The van der Waals surface area contributed by atoms with Gasteiger partial charge < -0.3 is 10.1 Å². The average Bonchev–Trinajstić information content (AvgIpc) is 2.69. The molecule has 0 aliphatic heterocycles. The van der Waals surface area contributed by atoms with E-state index in [1.54, 1.807) is 11.3 Å². The number of thiazole rings is 1. The number of aryl methyl sites for hydroxylation is 1. The van der Waals surface area contributed by atoms with Gasteiger partial charge in [-0.2, -0.15) is 0 Å². The van der Waals surface area contributed by atoms with E-state index in [1.165, 1.54) is 43.5 Å². The van der Waals surface area contributed by atoms with Crippen LogP contribution in [-0.2, 0) is 11.2 Å². The quantitative estimate of drug-likeness (QED) is 0.841. The molecule has 1 aliphatic carbocycles. The van der Waals surface area contributed by atoms with Crippen LogP contribution in [0.3, 0.4) is 0 Å². The van der Waals surface area contributed by atoms with Crippen molar-refractivity contribution in [3.8, 4) is 0 Å². The Hall–Kier alpha value is -0.450. The molecular formula is C15H26N2OS. The second kappa shape index (κ2) is 6.82. The molecule has 2 rings (SSSR count). The van der Waals surface area contributed by atoms with Crippen molar-refractivity contribution >= 4 is 11.3 Å². The van der Waals surface area contributed by atoms with Gasteiger partial charge in [-0.1, -0.05) is 25.7 Å². The minimum Gasteiger partial charge on any atom is -0.377 e. The third kappa shape index (κ3) is 3.56. The highest BCUT2D eigenvalue weighted by Gasteiger charge is 2.38. The van der Waals surface area contributed by atoms with Gasteiger partial charge in [0.1, 0.15) is 0 Å². The van der Waals surface area contributed by atoms with Crippen LogP contribution in [0.4, 0.5) is 0 Å². The normalized spacial score (nSPS) is 21.0. The van der Waals surface area contributed by atoms with E-state index in [0.29, 0.717) is 6.04 Å². The van der Waals surface area contributed by atoms with Gasteiger partial charge in [0.25, 0.3) is 0 Å². The lowest BCUT2D eigenvalue weighted by atomic mass is 9.84. The Labute approximate surface area is 120 Å². The fourth-order valence-corrected chi connectivity index (χ4v) is 4.06. The second-order valence-corrected chi connectivity index (χ2v) is 6.55. The van der Waals surface area contributed by atoms with Crippen LogP contribution in [0.5, 0.6) is 0 Å². The lowest BCUT2D eigenvalue weighted by Crippen LogP contribution is -2.52. The highest BCUT2D eigenvalue weighted by atomic mass is 32.1. The van der Waals surface area contributed by atoms with Crippen LogP contribution in [0, 0.1) is 6.92 Å². The number of aromatic nitrogens is 1. The summed E-state index contributed by atoms with van der Waals surface area (Å²) in [6.45, 7) is 2.06. The van der Waals surface area contributed by atoms with E-state index in [-0.39, 0.29) is 5.60 Å². The zero-order chi connectivity index (χ0) is 13.7. The van der Waals surface area contributed by atoms with Gasteiger partial charge in [0.05, 0.1) is 10.6 Å². The Kier molecular flexibility index (Phi) is 5.37. The fraction of sp³-hybridized carbons (Fsp3) is 0.800. The first-order valence-electron chi connectivity index (χ1n) is 7.33. The molecular weight excluding hydrogens is 256 g/mol. The van der Waals surface area contributed by atoms with E-state index in [1.807, 2.05) is 7.11 Å². The number of nitrogens with one attached hydrogen (secondary N) is 1. The summed E-state index contributed by atoms with van der Waals surface area (Å²) in [5, 5.41) is 6.84. The minimum atomic E-state index is -0.00910. The van der Waals surface area contributed by atoms with Gasteiger partial charge in [-0.3, -0.25) is 0 Å². The lowest BCUT2D eigenvalue weighted by molar-refractivity contribution is -0.0509. The summed E-state index contributed by atoms with van der Waals surface area (Å²) >= 11 is 1.76. The van der Waals surface area contributed by atoms with E-state index < -0.39 is 0 Å². The maximum Gasteiger partial charge on any atom is 0.0944 e. The van der Waals surface area contributed by atoms with Crippen molar-refractivity contribution in [2.45, 2.75) is 63.5 Å². The van der Waals surface area contributed by atoms with Gasteiger partial charge >= 0.3 is 0 Å². The highest BCUT2D eigenvalue weighted by molar-refractivity contribution is 7.09. The molecule has 1 aliphatic rings. The van der Waals surface area contributed by atoms with Crippen LogP contribution < -0.4 is 5.32 Å². The SMILES string of the molecule is CNC(Cc1nc(C)cs1)C1(OC)CCCCCC1. The standard InChI is InChI=1S/C15H26N2OS/c1-12-11-19-14(17-12)10-13(16-2)15(18-3)8-6-4-5-7-9-15/h11,13,16H,4-10H2,1-3H3. The smallest absolute Gasteiger partial charge is 0.0944 e. The Morgan fingerprint density at radius 3 is 2.53 bits per heavy atom. The number of hydrogen-bond acceptors (Lipinski definition) is 4. The van der Waals surface area contributed by atoms with E-state index in [0.717, 1.165) is 12.1 Å². The van der Waals surface area contributed by atoms with E-state index in [2.05, 4.69) is 29.7 Å². The van der Waals surface area contributed by atoms with Crippen molar-refractivity contribution in [3.63, 3.8) is 0 Å². The van der Waals surface area contributed by atoms with Gasteiger partial charge in [-0.05, 0) is 26.8 Å². The van der Waals surface area contributed by atoms with Crippen LogP contribution in [0.15, 0.2) is 5.38 Å². The maximum atomic E-state index is 6.01. The summed E-state index contributed by atoms with van der Waals surface area (Å²) in [5.41, 5.74) is 1.12. The van der Waals surface area contributed by atoms with Gasteiger partial charge in [-0.15, -0.1) is 11.3 Å². The molecule has 3 nitrogen and oxygen atoms in total. The largest absolute Gasteiger partial charge is 0.377 e. The molecule has 0 aromatic carbocycles. The Bertz CT molecular complexity index is 383. The average molecular weight is 282 g/mol. The molecule has 1 aromatic rings. The summed E-state index contributed by atoms with van der Waals surface area (Å²) in [6.07, 6.45) is 8.56. The van der Waals surface area contributed by atoms with E-state index >= 15 is 0 Å². The molecule has 108 valence electrons. The van der Waals surface area contributed by atoms with Gasteiger partial charge in [0.15, 0.2) is 0 Å². The summed E-state index contributed by atoms with van der Waals surface area (Å²) in [7, 11) is 3.93. The fourth-order valence-electron chi connectivity index (χ4n) is 3.24. The van der Waals surface area contributed by atoms with E-state index in [4.69, 9.17) is 4.74 Å². The molecule has 1 N–H and O–H groups in total. The monoisotopic (exact) mass is 282 g/mol. The van der Waals surface area contributed by atoms with Crippen molar-refractivity contribution in [2.75, 3.05) is 14.2 Å². The first kappa shape index (κ1) is 14.9. The van der Waals surface area contributed by atoms with E-state index in [9.17, 15) is 0 Å². The summed E-state index contributed by atoms with van der Waals surface area (Å²) in [4.78, 5) is 4.61. The van der Waals surface area contributed by atoms with Crippen LogP contribution >= 0.6 is 11.3 Å². The third-order valence-electron chi connectivity index (χ3n) is 4.39. The zero-order valence-electron chi connectivity index (χ0n) is 12.4. The third-order valence-corrected chi connectivity index (χ3v) is 5.37. The number of hydrogen-bond donors (Lipinski definition) is 1. The molecule has 0 bridgehead atoms. The number of methoxy groups -OCH3 is 1. The highest BCUT2D eigenvalue weighted by Crippen LogP contribution is 2.34. The molecule has 1 unspecified atom stereocenters. The molecule has 1 saturated carbocycles. The van der Waals surface area contributed by atoms with Gasteiger partial charge in [0.2, 0.25) is 0 Å². The van der Waals surface area contributed by atoms with Crippen molar-refractivity contribution in [1.29, 1.82) is 0 Å². The van der Waals surface area contributed by atoms with Crippen molar-refractivity contribution in [2.24, 2.45) is 0 Å². The Morgan fingerprint density at radius 1 is 1.37 bits per heavy atom. The first-order chi connectivity index (χ1) is 9.20. The van der Waals surface area contributed by atoms with Crippen LogP contribution in [0.1, 0.15) is 49.2 Å². The zero-order valence-corrected chi connectivity index (χ0v) is 13.2. The topological polar surface area (TPSA) is 34.2 Å². The second-order valence-electron chi connectivity index (χ2n) is 5.61.